The lowest BCUT2D eigenvalue weighted by molar-refractivity contribution is 0.117. The summed E-state index contributed by atoms with van der Waals surface area (Å²) in [7, 11) is -7.54. The van der Waals surface area contributed by atoms with E-state index in [4.69, 9.17) is 0 Å². The molecule has 1 fully saturated rings. The Balaban J connectivity index is 2.50. The van der Waals surface area contributed by atoms with Gasteiger partial charge in [0.05, 0.1) is 35.2 Å². The highest BCUT2D eigenvalue weighted by molar-refractivity contribution is 7.92. The van der Waals surface area contributed by atoms with Crippen molar-refractivity contribution in [2.45, 2.75) is 30.9 Å². The molecule has 7 nitrogen and oxygen atoms in total. The van der Waals surface area contributed by atoms with Gasteiger partial charge in [-0.25, -0.2) is 16.8 Å². The number of nitrogens with zero attached hydrogens (tertiary/aromatic N) is 1. The summed E-state index contributed by atoms with van der Waals surface area (Å²) >= 11 is 0. The third kappa shape index (κ3) is 3.74. The van der Waals surface area contributed by atoms with Gasteiger partial charge in [-0.1, -0.05) is 12.1 Å². The standard InChI is InChI=1S/C14H21NO6S2/c1-10-3-4-11(2)14(7-10)23(20,21)15(5-6-16)12-8-22(18,19)9-13(12)17/h3-4,7,12-13,16-17H,5-6,8-9H2,1-2H3/t12-,13-/m1/s1. The number of hydrogen-bond donors (Lipinski definition) is 2. The molecule has 0 aromatic heterocycles. The molecule has 0 amide bonds. The van der Waals surface area contributed by atoms with Crippen LogP contribution in [0.15, 0.2) is 23.1 Å². The van der Waals surface area contributed by atoms with Gasteiger partial charge in [0, 0.05) is 6.54 Å². The van der Waals surface area contributed by atoms with Gasteiger partial charge in [0.15, 0.2) is 9.84 Å². The van der Waals surface area contributed by atoms with Crippen LogP contribution in [0.4, 0.5) is 0 Å². The van der Waals surface area contributed by atoms with Crippen molar-refractivity contribution in [3.8, 4) is 0 Å². The first-order chi connectivity index (χ1) is 10.6. The maximum atomic E-state index is 12.9. The predicted octanol–water partition coefficient (Wildman–Crippen LogP) is -0.556. The second-order valence-electron chi connectivity index (χ2n) is 5.82. The fourth-order valence-corrected chi connectivity index (χ4v) is 6.61. The molecule has 1 aromatic carbocycles. The van der Waals surface area contributed by atoms with E-state index in [0.717, 1.165) is 9.87 Å². The molecule has 23 heavy (non-hydrogen) atoms. The molecule has 1 saturated heterocycles. The summed E-state index contributed by atoms with van der Waals surface area (Å²) in [5.74, 6) is -0.916. The van der Waals surface area contributed by atoms with Crippen LogP contribution in [0.5, 0.6) is 0 Å². The van der Waals surface area contributed by atoms with E-state index in [1.807, 2.05) is 0 Å². The molecule has 1 aromatic rings. The van der Waals surface area contributed by atoms with Gasteiger partial charge in [-0.15, -0.1) is 0 Å². The molecule has 0 radical (unpaired) electrons. The SMILES string of the molecule is Cc1ccc(C)c(S(=O)(=O)N(CCO)[C@@H]2CS(=O)(=O)C[C@H]2O)c1. The van der Waals surface area contributed by atoms with Gasteiger partial charge in [0.2, 0.25) is 10.0 Å². The first kappa shape index (κ1) is 18.3. The van der Waals surface area contributed by atoms with Crippen molar-refractivity contribution >= 4 is 19.9 Å². The summed E-state index contributed by atoms with van der Waals surface area (Å²) in [5, 5.41) is 19.2. The van der Waals surface area contributed by atoms with Crippen molar-refractivity contribution in [2.24, 2.45) is 0 Å². The maximum Gasteiger partial charge on any atom is 0.243 e. The zero-order valence-electron chi connectivity index (χ0n) is 13.0. The lowest BCUT2D eigenvalue weighted by Gasteiger charge is -2.29. The summed E-state index contributed by atoms with van der Waals surface area (Å²) < 4.78 is 50.2. The topological polar surface area (TPSA) is 112 Å². The summed E-state index contributed by atoms with van der Waals surface area (Å²) in [5.41, 5.74) is 1.27. The molecule has 2 N–H and O–H groups in total. The number of rotatable bonds is 5. The average molecular weight is 363 g/mol. The van der Waals surface area contributed by atoms with Crippen molar-refractivity contribution in [3.63, 3.8) is 0 Å². The van der Waals surface area contributed by atoms with E-state index in [9.17, 15) is 27.0 Å². The fourth-order valence-electron chi connectivity index (χ4n) is 2.76. The smallest absolute Gasteiger partial charge is 0.243 e. The van der Waals surface area contributed by atoms with E-state index in [2.05, 4.69) is 0 Å². The summed E-state index contributed by atoms with van der Waals surface area (Å²) in [6.07, 6.45) is -1.30. The van der Waals surface area contributed by atoms with Gasteiger partial charge in [-0.3, -0.25) is 0 Å². The highest BCUT2D eigenvalue weighted by atomic mass is 32.2. The molecule has 1 aliphatic rings. The number of aryl methyl sites for hydroxylation is 2. The molecule has 0 saturated carbocycles. The molecule has 0 unspecified atom stereocenters. The van der Waals surface area contributed by atoms with Crippen LogP contribution < -0.4 is 0 Å². The van der Waals surface area contributed by atoms with E-state index in [1.165, 1.54) is 6.07 Å². The van der Waals surface area contributed by atoms with Crippen molar-refractivity contribution in [1.29, 1.82) is 0 Å². The summed E-state index contributed by atoms with van der Waals surface area (Å²) in [6.45, 7) is 2.66. The minimum Gasteiger partial charge on any atom is -0.395 e. The lowest BCUT2D eigenvalue weighted by Crippen LogP contribution is -2.48. The van der Waals surface area contributed by atoms with Crippen LogP contribution in [-0.2, 0) is 19.9 Å². The van der Waals surface area contributed by atoms with Gasteiger partial charge in [-0.05, 0) is 31.0 Å². The molecule has 0 spiro atoms. The Morgan fingerprint density at radius 1 is 1.26 bits per heavy atom. The monoisotopic (exact) mass is 363 g/mol. The molecule has 0 aliphatic carbocycles. The fraction of sp³-hybridized carbons (Fsp3) is 0.571. The largest absolute Gasteiger partial charge is 0.395 e. The first-order valence-corrected chi connectivity index (χ1v) is 10.4. The highest BCUT2D eigenvalue weighted by Gasteiger charge is 2.44. The zero-order valence-corrected chi connectivity index (χ0v) is 14.6. The molecule has 1 aliphatic heterocycles. The Morgan fingerprint density at radius 3 is 2.43 bits per heavy atom. The van der Waals surface area contributed by atoms with E-state index in [0.29, 0.717) is 5.56 Å². The van der Waals surface area contributed by atoms with Gasteiger partial charge < -0.3 is 10.2 Å². The number of hydrogen-bond acceptors (Lipinski definition) is 6. The Kier molecular flexibility index (Phi) is 5.17. The van der Waals surface area contributed by atoms with Crippen molar-refractivity contribution in [1.82, 2.24) is 4.31 Å². The summed E-state index contributed by atoms with van der Waals surface area (Å²) in [4.78, 5) is 0.0578. The lowest BCUT2D eigenvalue weighted by atomic mass is 10.2. The Morgan fingerprint density at radius 2 is 1.91 bits per heavy atom. The van der Waals surface area contributed by atoms with E-state index < -0.39 is 50.1 Å². The van der Waals surface area contributed by atoms with Crippen molar-refractivity contribution in [3.05, 3.63) is 29.3 Å². The van der Waals surface area contributed by atoms with E-state index >= 15 is 0 Å². The molecule has 0 bridgehead atoms. The quantitative estimate of drug-likeness (QED) is 0.726. The Hall–Kier alpha value is -1.00. The molecule has 9 heteroatoms. The average Bonchev–Trinajstić information content (AvgIpc) is 2.71. The summed E-state index contributed by atoms with van der Waals surface area (Å²) in [6, 6.07) is 3.86. The Bertz CT molecular complexity index is 787. The molecule has 2 atom stereocenters. The van der Waals surface area contributed by atoms with Crippen molar-refractivity contribution < 1.29 is 27.0 Å². The van der Waals surface area contributed by atoms with Crippen molar-refractivity contribution in [2.75, 3.05) is 24.7 Å². The third-order valence-electron chi connectivity index (χ3n) is 3.91. The maximum absolute atomic E-state index is 12.9. The highest BCUT2D eigenvalue weighted by Crippen LogP contribution is 2.27. The van der Waals surface area contributed by atoms with E-state index in [1.54, 1.807) is 26.0 Å². The van der Waals surface area contributed by atoms with Gasteiger partial charge >= 0.3 is 0 Å². The van der Waals surface area contributed by atoms with Gasteiger partial charge in [-0.2, -0.15) is 4.31 Å². The van der Waals surface area contributed by atoms with Crippen LogP contribution in [-0.4, -0.2) is 68.2 Å². The van der Waals surface area contributed by atoms with Gasteiger partial charge in [0.25, 0.3) is 0 Å². The first-order valence-electron chi connectivity index (χ1n) is 7.17. The second-order valence-corrected chi connectivity index (χ2v) is 9.83. The minimum atomic E-state index is -4.03. The predicted molar refractivity (Wildman–Crippen MR) is 85.3 cm³/mol. The zero-order chi connectivity index (χ0) is 17.4. The van der Waals surface area contributed by atoms with Crippen LogP contribution in [0.3, 0.4) is 0 Å². The van der Waals surface area contributed by atoms with E-state index in [-0.39, 0.29) is 11.4 Å². The number of aliphatic hydroxyl groups excluding tert-OH is 2. The number of aliphatic hydroxyl groups is 2. The van der Waals surface area contributed by atoms with Crippen LogP contribution in [0.25, 0.3) is 0 Å². The van der Waals surface area contributed by atoms with Crippen LogP contribution >= 0.6 is 0 Å². The molecular formula is C14H21NO6S2. The normalized spacial score (nSPS) is 24.2. The number of benzene rings is 1. The second kappa shape index (κ2) is 6.48. The van der Waals surface area contributed by atoms with Crippen LogP contribution in [0, 0.1) is 13.8 Å². The molecule has 130 valence electrons. The van der Waals surface area contributed by atoms with Crippen LogP contribution in [0.1, 0.15) is 11.1 Å². The minimum absolute atomic E-state index is 0.0578. The number of sulfone groups is 1. The third-order valence-corrected chi connectivity index (χ3v) is 7.68. The number of sulfonamides is 1. The molecular weight excluding hydrogens is 342 g/mol. The Labute approximate surface area is 136 Å². The van der Waals surface area contributed by atoms with Crippen LogP contribution in [0.2, 0.25) is 0 Å². The molecule has 1 heterocycles. The van der Waals surface area contributed by atoms with Gasteiger partial charge in [0.1, 0.15) is 0 Å². The molecule has 2 rings (SSSR count).